The number of aromatic nitrogens is 2. The molecular weight excluding hydrogens is 384 g/mol. The van der Waals surface area contributed by atoms with Crippen molar-refractivity contribution in [2.75, 3.05) is 19.0 Å². The Labute approximate surface area is 165 Å². The van der Waals surface area contributed by atoms with E-state index in [9.17, 15) is 0 Å². The van der Waals surface area contributed by atoms with Crippen LogP contribution in [0.3, 0.4) is 0 Å². The van der Waals surface area contributed by atoms with Crippen LogP contribution in [0, 0.1) is 3.95 Å². The van der Waals surface area contributed by atoms with E-state index in [1.807, 2.05) is 40.3 Å². The number of quaternary nitrogens is 1. The summed E-state index contributed by atoms with van der Waals surface area (Å²) in [6, 6.07) is 10.5. The van der Waals surface area contributed by atoms with E-state index in [4.69, 9.17) is 22.1 Å². The highest BCUT2D eigenvalue weighted by Crippen LogP contribution is 2.25. The van der Waals surface area contributed by atoms with Gasteiger partial charge in [0.25, 0.3) is 0 Å². The molecule has 26 heavy (non-hydrogen) atoms. The lowest BCUT2D eigenvalue weighted by Gasteiger charge is -2.30. The largest absolute Gasteiger partial charge is 0.497 e. The first-order chi connectivity index (χ1) is 12.6. The van der Waals surface area contributed by atoms with Gasteiger partial charge in [0.1, 0.15) is 11.8 Å². The molecule has 0 radical (unpaired) electrons. The Kier molecular flexibility index (Phi) is 5.08. The van der Waals surface area contributed by atoms with Crippen LogP contribution in [0.2, 0.25) is 0 Å². The number of rotatable bonds is 5. The molecule has 8 heteroatoms. The third-order valence-electron chi connectivity index (χ3n) is 4.83. The van der Waals surface area contributed by atoms with Crippen LogP contribution in [-0.2, 0) is 13.1 Å². The fourth-order valence-corrected chi connectivity index (χ4v) is 5.32. The van der Waals surface area contributed by atoms with Crippen molar-refractivity contribution in [3.05, 3.63) is 50.1 Å². The van der Waals surface area contributed by atoms with Crippen molar-refractivity contribution in [3.63, 3.8) is 0 Å². The van der Waals surface area contributed by atoms with Crippen LogP contribution in [0.4, 0.5) is 10.8 Å². The second-order valence-electron chi connectivity index (χ2n) is 6.36. The Balaban J connectivity index is 1.47. The summed E-state index contributed by atoms with van der Waals surface area (Å²) in [4.78, 5) is 3.04. The molecule has 0 saturated carbocycles. The highest BCUT2D eigenvalue weighted by Gasteiger charge is 2.28. The molecular formula is C18H21N4OS3+. The van der Waals surface area contributed by atoms with Crippen molar-refractivity contribution in [2.24, 2.45) is 0 Å². The zero-order chi connectivity index (χ0) is 18.1. The molecule has 0 saturated heterocycles. The minimum Gasteiger partial charge on any atom is -0.497 e. The maximum Gasteiger partial charge on any atom is 0.209 e. The molecule has 0 aliphatic carbocycles. The summed E-state index contributed by atoms with van der Waals surface area (Å²) in [5.41, 5.74) is 2.46. The zero-order valence-corrected chi connectivity index (χ0v) is 17.1. The number of nitrogens with one attached hydrogen (secondary N) is 2. The summed E-state index contributed by atoms with van der Waals surface area (Å²) in [6.07, 6.45) is 1.14. The highest BCUT2D eigenvalue weighted by atomic mass is 32.1. The number of hydrogen-bond acceptors (Lipinski definition) is 6. The molecule has 2 atom stereocenters. The maximum absolute atomic E-state index is 5.54. The SMILES string of the molecule is COc1ccc(Nc2nn(C[NH+]3CCc4sccc4[C@@H]3C)c(=S)s2)cc1. The molecule has 0 spiro atoms. The molecule has 1 aromatic carbocycles. The van der Waals surface area contributed by atoms with Gasteiger partial charge in [0.05, 0.1) is 13.7 Å². The van der Waals surface area contributed by atoms with Gasteiger partial charge in [0, 0.05) is 22.5 Å². The fraction of sp³-hybridized carbons (Fsp3) is 0.333. The molecule has 1 unspecified atom stereocenters. The lowest BCUT2D eigenvalue weighted by molar-refractivity contribution is -0.954. The number of hydrogen-bond donors (Lipinski definition) is 2. The van der Waals surface area contributed by atoms with Crippen LogP contribution in [0.1, 0.15) is 23.4 Å². The van der Waals surface area contributed by atoms with Crippen LogP contribution in [0.5, 0.6) is 5.75 Å². The number of benzene rings is 1. The molecule has 2 aromatic heterocycles. The smallest absolute Gasteiger partial charge is 0.209 e. The molecule has 0 bridgehead atoms. The summed E-state index contributed by atoms with van der Waals surface area (Å²) in [5, 5.41) is 11.0. The standard InChI is InChI=1S/C18H20N4OS3/c1-12-15-8-10-25-16(15)7-9-21(12)11-22-18(24)26-17(20-22)19-13-3-5-14(23-2)6-4-13/h3-6,8,10,12H,7,9,11H2,1-2H3,(H,19,20)/p+1/t12-/m0/s1. The van der Waals surface area contributed by atoms with Gasteiger partial charge >= 0.3 is 0 Å². The Bertz CT molecular complexity index is 944. The van der Waals surface area contributed by atoms with Crippen molar-refractivity contribution in [1.29, 1.82) is 0 Å². The third kappa shape index (κ3) is 3.55. The van der Waals surface area contributed by atoms with E-state index in [-0.39, 0.29) is 0 Å². The van der Waals surface area contributed by atoms with Gasteiger partial charge in [0.15, 0.2) is 10.6 Å². The first kappa shape index (κ1) is 17.7. The Morgan fingerprint density at radius 3 is 2.92 bits per heavy atom. The van der Waals surface area contributed by atoms with Crippen molar-refractivity contribution >= 4 is 45.7 Å². The number of ether oxygens (including phenoxy) is 1. The van der Waals surface area contributed by atoms with Gasteiger partial charge in [-0.15, -0.1) is 16.4 Å². The first-order valence-corrected chi connectivity index (χ1v) is 10.6. The average Bonchev–Trinajstić information content (AvgIpc) is 3.25. The molecule has 0 amide bonds. The van der Waals surface area contributed by atoms with Crippen molar-refractivity contribution < 1.29 is 9.64 Å². The van der Waals surface area contributed by atoms with E-state index in [2.05, 4.69) is 23.7 Å². The van der Waals surface area contributed by atoms with Gasteiger partial charge in [-0.3, -0.25) is 0 Å². The van der Waals surface area contributed by atoms with E-state index in [0.717, 1.165) is 40.2 Å². The van der Waals surface area contributed by atoms with Crippen molar-refractivity contribution in [2.45, 2.75) is 26.1 Å². The quantitative estimate of drug-likeness (QED) is 0.636. The van der Waals surface area contributed by atoms with Gasteiger partial charge in [-0.25, -0.2) is 0 Å². The molecule has 4 rings (SSSR count). The summed E-state index contributed by atoms with van der Waals surface area (Å²) in [5.74, 6) is 0.837. The van der Waals surface area contributed by atoms with Crippen molar-refractivity contribution in [3.8, 4) is 5.75 Å². The maximum atomic E-state index is 5.54. The fourth-order valence-electron chi connectivity index (χ4n) is 3.31. The van der Waals surface area contributed by atoms with E-state index < -0.39 is 0 Å². The number of anilines is 2. The second kappa shape index (κ2) is 7.48. The number of thiophene rings is 1. The summed E-state index contributed by atoms with van der Waals surface area (Å²) in [7, 11) is 1.67. The van der Waals surface area contributed by atoms with Crippen LogP contribution in [0.25, 0.3) is 0 Å². The third-order valence-corrected chi connectivity index (χ3v) is 7.05. The Morgan fingerprint density at radius 2 is 2.15 bits per heavy atom. The van der Waals surface area contributed by atoms with Crippen LogP contribution in [-0.4, -0.2) is 23.4 Å². The summed E-state index contributed by atoms with van der Waals surface area (Å²) < 4.78 is 7.95. The zero-order valence-electron chi connectivity index (χ0n) is 14.7. The van der Waals surface area contributed by atoms with E-state index in [1.165, 1.54) is 26.7 Å². The van der Waals surface area contributed by atoms with Crippen LogP contribution in [0.15, 0.2) is 35.7 Å². The van der Waals surface area contributed by atoms with Gasteiger partial charge in [-0.05, 0) is 54.9 Å². The molecule has 136 valence electrons. The predicted molar refractivity (Wildman–Crippen MR) is 109 cm³/mol. The Morgan fingerprint density at radius 1 is 1.35 bits per heavy atom. The van der Waals surface area contributed by atoms with Crippen molar-refractivity contribution in [1.82, 2.24) is 9.78 Å². The minimum absolute atomic E-state index is 0.478. The van der Waals surface area contributed by atoms with Crippen LogP contribution >= 0.6 is 34.9 Å². The summed E-state index contributed by atoms with van der Waals surface area (Å²) >= 11 is 8.93. The molecule has 2 N–H and O–H groups in total. The number of methoxy groups -OCH3 is 1. The summed E-state index contributed by atoms with van der Waals surface area (Å²) in [6.45, 7) is 4.22. The molecule has 1 aliphatic heterocycles. The molecule has 1 aliphatic rings. The predicted octanol–water partition coefficient (Wildman–Crippen LogP) is 3.65. The molecule has 0 fully saturated rings. The van der Waals surface area contributed by atoms with Gasteiger partial charge in [0.2, 0.25) is 5.13 Å². The number of nitrogens with zero attached hydrogens (tertiary/aromatic N) is 2. The van der Waals surface area contributed by atoms with E-state index >= 15 is 0 Å². The topological polar surface area (TPSA) is 43.5 Å². The van der Waals surface area contributed by atoms with E-state index in [0.29, 0.717) is 6.04 Å². The Hall–Kier alpha value is -1.74. The van der Waals surface area contributed by atoms with Crippen LogP contribution < -0.4 is 15.0 Å². The highest BCUT2D eigenvalue weighted by molar-refractivity contribution is 7.73. The lowest BCUT2D eigenvalue weighted by atomic mass is 10.0. The molecule has 5 nitrogen and oxygen atoms in total. The first-order valence-electron chi connectivity index (χ1n) is 8.54. The van der Waals surface area contributed by atoms with Gasteiger partial charge in [-0.1, -0.05) is 11.3 Å². The number of fused-ring (bicyclic) bond motifs is 1. The normalized spacial score (nSPS) is 19.2. The second-order valence-corrected chi connectivity index (χ2v) is 8.99. The van der Waals surface area contributed by atoms with E-state index in [1.54, 1.807) is 7.11 Å². The minimum atomic E-state index is 0.478. The monoisotopic (exact) mass is 405 g/mol. The lowest BCUT2D eigenvalue weighted by Crippen LogP contribution is -3.12. The van der Waals surface area contributed by atoms with Gasteiger partial charge < -0.3 is 15.0 Å². The molecule has 3 aromatic rings. The molecule has 3 heterocycles. The average molecular weight is 406 g/mol. The van der Waals surface area contributed by atoms with Gasteiger partial charge in [-0.2, -0.15) is 4.68 Å².